The minimum Gasteiger partial charge on any atom is -0.468 e. The molecule has 0 fully saturated rings. The number of hydrogen-bond donors (Lipinski definition) is 3. The van der Waals surface area contributed by atoms with Gasteiger partial charge in [-0.25, -0.2) is 10.2 Å². The van der Waals surface area contributed by atoms with Gasteiger partial charge in [0.25, 0.3) is 0 Å². The van der Waals surface area contributed by atoms with E-state index in [1.807, 2.05) is 49.4 Å². The van der Waals surface area contributed by atoms with E-state index >= 15 is 0 Å². The van der Waals surface area contributed by atoms with Gasteiger partial charge in [0, 0.05) is 0 Å². The molecule has 1 atom stereocenters. The van der Waals surface area contributed by atoms with Gasteiger partial charge in [-0.3, -0.25) is 15.0 Å². The highest BCUT2D eigenvalue weighted by Gasteiger charge is 2.22. The van der Waals surface area contributed by atoms with Crippen molar-refractivity contribution in [2.75, 3.05) is 13.7 Å². The molecule has 0 saturated carbocycles. The molecule has 2 aromatic rings. The Morgan fingerprint density at radius 2 is 1.68 bits per heavy atom. The molecule has 2 amide bonds. The predicted octanol–water partition coefficient (Wildman–Crippen LogP) is 1.76. The molecule has 3 N–H and O–H groups in total. The first-order valence-electron chi connectivity index (χ1n) is 8.63. The molecule has 2 aromatic carbocycles. The highest BCUT2D eigenvalue weighted by atomic mass is 16.6. The van der Waals surface area contributed by atoms with Crippen LogP contribution in [0.5, 0.6) is 0 Å². The van der Waals surface area contributed by atoms with Gasteiger partial charge in [-0.2, -0.15) is 0 Å². The van der Waals surface area contributed by atoms with Crippen molar-refractivity contribution in [1.29, 1.82) is 0 Å². The Morgan fingerprint density at radius 1 is 1.00 bits per heavy atom. The summed E-state index contributed by atoms with van der Waals surface area (Å²) in [7, 11) is 1.23. The average molecular weight is 385 g/mol. The fourth-order valence-electron chi connectivity index (χ4n) is 2.28. The Kier molecular flexibility index (Phi) is 7.98. The van der Waals surface area contributed by atoms with E-state index in [2.05, 4.69) is 20.9 Å². The highest BCUT2D eigenvalue weighted by molar-refractivity contribution is 5.86. The van der Waals surface area contributed by atoms with E-state index in [0.29, 0.717) is 5.56 Å². The minimum atomic E-state index is -0.922. The largest absolute Gasteiger partial charge is 0.468 e. The first-order valence-corrected chi connectivity index (χ1v) is 8.63. The van der Waals surface area contributed by atoms with Crippen LogP contribution in [0.3, 0.4) is 0 Å². The molecule has 0 unspecified atom stereocenters. The molecule has 0 aliphatic heterocycles. The summed E-state index contributed by atoms with van der Waals surface area (Å²) < 4.78 is 9.62. The lowest BCUT2D eigenvalue weighted by Crippen LogP contribution is -2.47. The predicted molar refractivity (Wildman–Crippen MR) is 102 cm³/mol. The monoisotopic (exact) mass is 385 g/mol. The van der Waals surface area contributed by atoms with Gasteiger partial charge in [0.05, 0.1) is 7.11 Å². The molecule has 0 aromatic heterocycles. The highest BCUT2D eigenvalue weighted by Crippen LogP contribution is 2.13. The second-order valence-electron chi connectivity index (χ2n) is 5.97. The van der Waals surface area contributed by atoms with Gasteiger partial charge in [-0.15, -0.1) is 0 Å². The third kappa shape index (κ3) is 6.73. The molecular weight excluding hydrogens is 362 g/mol. The molecule has 0 aliphatic rings. The Hall–Kier alpha value is -3.39. The smallest absolute Gasteiger partial charge is 0.421 e. The Balaban J connectivity index is 1.96. The summed E-state index contributed by atoms with van der Waals surface area (Å²) in [6, 6.07) is 15.5. The summed E-state index contributed by atoms with van der Waals surface area (Å²) in [6.07, 6.45) is -0.735. The van der Waals surface area contributed by atoms with E-state index in [1.54, 1.807) is 12.1 Å². The zero-order chi connectivity index (χ0) is 20.4. The molecule has 0 spiro atoms. The third-order valence-corrected chi connectivity index (χ3v) is 3.84. The molecule has 0 radical (unpaired) electrons. The van der Waals surface area contributed by atoms with Gasteiger partial charge >= 0.3 is 12.1 Å². The second-order valence-corrected chi connectivity index (χ2v) is 5.97. The maximum Gasteiger partial charge on any atom is 0.421 e. The van der Waals surface area contributed by atoms with Crippen LogP contribution in [0.25, 0.3) is 0 Å². The van der Waals surface area contributed by atoms with Gasteiger partial charge in [0.15, 0.2) is 0 Å². The first kappa shape index (κ1) is 20.9. The topological polar surface area (TPSA) is 106 Å². The lowest BCUT2D eigenvalue weighted by molar-refractivity contribution is -0.141. The van der Waals surface area contributed by atoms with Crippen molar-refractivity contribution in [3.8, 4) is 0 Å². The quantitative estimate of drug-likeness (QED) is 0.472. The van der Waals surface area contributed by atoms with Crippen molar-refractivity contribution in [3.05, 3.63) is 71.3 Å². The number of carbonyl (C=O) groups is 3. The summed E-state index contributed by atoms with van der Waals surface area (Å²) in [5, 5.41) is 2.46. The standard InChI is InChI=1S/C20H23N3O5/c1-14-8-10-16(11-9-14)18(19(25)21-12-17(24)27-2)22-23-20(26)28-13-15-6-4-3-5-7-15/h3-11,18,22H,12-13H2,1-2H3,(H,21,25)(H,23,26)/t18-/m0/s1. The fraction of sp³-hybridized carbons (Fsp3) is 0.250. The maximum absolute atomic E-state index is 12.5. The lowest BCUT2D eigenvalue weighted by Gasteiger charge is -2.19. The van der Waals surface area contributed by atoms with Crippen molar-refractivity contribution in [2.45, 2.75) is 19.6 Å². The van der Waals surface area contributed by atoms with Crippen LogP contribution < -0.4 is 16.2 Å². The van der Waals surface area contributed by atoms with Gasteiger partial charge < -0.3 is 14.8 Å². The summed E-state index contributed by atoms with van der Waals surface area (Å²) in [5.41, 5.74) is 7.47. The number of ether oxygens (including phenoxy) is 2. The van der Waals surface area contributed by atoms with Crippen LogP contribution in [0.1, 0.15) is 22.7 Å². The molecule has 0 bridgehead atoms. The molecule has 148 valence electrons. The molecule has 8 nitrogen and oxygen atoms in total. The van der Waals surface area contributed by atoms with Crippen LogP contribution in [0, 0.1) is 6.92 Å². The Bertz CT molecular complexity index is 793. The summed E-state index contributed by atoms with van der Waals surface area (Å²) in [4.78, 5) is 35.7. The molecule has 28 heavy (non-hydrogen) atoms. The van der Waals surface area contributed by atoms with Crippen LogP contribution in [0.2, 0.25) is 0 Å². The number of hydrogen-bond acceptors (Lipinski definition) is 6. The number of esters is 1. The number of aryl methyl sites for hydroxylation is 1. The summed E-state index contributed by atoms with van der Waals surface area (Å²) in [5.74, 6) is -1.08. The maximum atomic E-state index is 12.5. The van der Waals surface area contributed by atoms with Crippen molar-refractivity contribution in [3.63, 3.8) is 0 Å². The molecule has 0 aliphatic carbocycles. The number of carbonyl (C=O) groups excluding carboxylic acids is 3. The first-order chi connectivity index (χ1) is 13.5. The third-order valence-electron chi connectivity index (χ3n) is 3.84. The number of methoxy groups -OCH3 is 1. The summed E-state index contributed by atoms with van der Waals surface area (Å²) in [6.45, 7) is 1.73. The van der Waals surface area contributed by atoms with Crippen molar-refractivity contribution in [1.82, 2.24) is 16.2 Å². The molecular formula is C20H23N3O5. The van der Waals surface area contributed by atoms with E-state index in [1.165, 1.54) is 7.11 Å². The van der Waals surface area contributed by atoms with Gasteiger partial charge in [-0.1, -0.05) is 60.2 Å². The fourth-order valence-corrected chi connectivity index (χ4v) is 2.28. The van der Waals surface area contributed by atoms with E-state index in [-0.39, 0.29) is 13.2 Å². The molecule has 0 saturated heterocycles. The zero-order valence-electron chi connectivity index (χ0n) is 15.7. The van der Waals surface area contributed by atoms with Crippen LogP contribution in [-0.4, -0.2) is 31.6 Å². The van der Waals surface area contributed by atoms with E-state index in [4.69, 9.17) is 4.74 Å². The zero-order valence-corrected chi connectivity index (χ0v) is 15.7. The number of benzene rings is 2. The van der Waals surface area contributed by atoms with Gasteiger partial charge in [0.2, 0.25) is 5.91 Å². The molecule has 8 heteroatoms. The number of nitrogens with one attached hydrogen (secondary N) is 3. The Morgan fingerprint density at radius 3 is 2.32 bits per heavy atom. The number of amides is 2. The van der Waals surface area contributed by atoms with Crippen molar-refractivity contribution >= 4 is 18.0 Å². The van der Waals surface area contributed by atoms with Gasteiger partial charge in [0.1, 0.15) is 19.2 Å². The van der Waals surface area contributed by atoms with Gasteiger partial charge in [-0.05, 0) is 18.1 Å². The van der Waals surface area contributed by atoms with Crippen LogP contribution >= 0.6 is 0 Å². The van der Waals surface area contributed by atoms with E-state index < -0.39 is 24.0 Å². The van der Waals surface area contributed by atoms with E-state index in [0.717, 1.165) is 11.1 Å². The number of hydrazine groups is 1. The Labute approximate surface area is 163 Å². The SMILES string of the molecule is COC(=O)CNC(=O)[C@@H](NNC(=O)OCc1ccccc1)c1ccc(C)cc1. The van der Waals surface area contributed by atoms with Crippen LogP contribution in [0.15, 0.2) is 54.6 Å². The normalized spacial score (nSPS) is 11.2. The minimum absolute atomic E-state index is 0.0953. The van der Waals surface area contributed by atoms with Crippen molar-refractivity contribution in [2.24, 2.45) is 0 Å². The lowest BCUT2D eigenvalue weighted by atomic mass is 10.1. The molecule has 2 rings (SSSR count). The van der Waals surface area contributed by atoms with Crippen LogP contribution in [-0.2, 0) is 25.7 Å². The molecule has 0 heterocycles. The number of rotatable bonds is 8. The van der Waals surface area contributed by atoms with Crippen molar-refractivity contribution < 1.29 is 23.9 Å². The van der Waals surface area contributed by atoms with E-state index in [9.17, 15) is 14.4 Å². The second kappa shape index (κ2) is 10.7. The summed E-state index contributed by atoms with van der Waals surface area (Å²) >= 11 is 0. The van der Waals surface area contributed by atoms with Crippen LogP contribution in [0.4, 0.5) is 4.79 Å². The average Bonchev–Trinajstić information content (AvgIpc) is 2.72.